The van der Waals surface area contributed by atoms with Gasteiger partial charge in [-0.3, -0.25) is 0 Å². The Morgan fingerprint density at radius 3 is 3.06 bits per heavy atom. The number of hydrogen-bond acceptors (Lipinski definition) is 2. The van der Waals surface area contributed by atoms with E-state index in [-0.39, 0.29) is 0 Å². The summed E-state index contributed by atoms with van der Waals surface area (Å²) in [4.78, 5) is 4.71. The third-order valence-electron chi connectivity index (χ3n) is 3.64. The van der Waals surface area contributed by atoms with Crippen LogP contribution >= 0.6 is 0 Å². The third-order valence-corrected chi connectivity index (χ3v) is 3.64. The van der Waals surface area contributed by atoms with Crippen LogP contribution in [0, 0.1) is 6.92 Å². The van der Waals surface area contributed by atoms with E-state index in [4.69, 9.17) is 4.98 Å². The van der Waals surface area contributed by atoms with Crippen molar-refractivity contribution in [2.45, 2.75) is 45.6 Å². The molecule has 3 rings (SSSR count). The molecule has 0 radical (unpaired) electrons. The quantitative estimate of drug-likeness (QED) is 0.809. The van der Waals surface area contributed by atoms with E-state index in [2.05, 4.69) is 47.9 Å². The Labute approximate surface area is 108 Å². The molecule has 3 heteroatoms. The average Bonchev–Trinajstić information content (AvgIpc) is 2.73. The molecule has 1 aliphatic heterocycles. The van der Waals surface area contributed by atoms with Crippen LogP contribution in [0.4, 0.5) is 0 Å². The van der Waals surface area contributed by atoms with Gasteiger partial charge in [0.1, 0.15) is 5.82 Å². The van der Waals surface area contributed by atoms with Crippen LogP contribution in [-0.4, -0.2) is 14.8 Å². The van der Waals surface area contributed by atoms with Crippen LogP contribution in [0.25, 0.3) is 0 Å². The van der Waals surface area contributed by atoms with E-state index in [1.807, 2.05) is 0 Å². The van der Waals surface area contributed by atoms with Crippen molar-refractivity contribution in [1.29, 1.82) is 0 Å². The Morgan fingerprint density at radius 1 is 1.39 bits per heavy atom. The van der Waals surface area contributed by atoms with E-state index in [1.165, 1.54) is 29.8 Å². The lowest BCUT2D eigenvalue weighted by molar-refractivity contribution is 0.431. The van der Waals surface area contributed by atoms with E-state index in [1.54, 1.807) is 0 Å². The topological polar surface area (TPSA) is 30.7 Å². The van der Waals surface area contributed by atoms with Gasteiger partial charge in [0.2, 0.25) is 0 Å². The van der Waals surface area contributed by atoms with Crippen molar-refractivity contribution < 1.29 is 0 Å². The minimum absolute atomic E-state index is 0.553. The summed E-state index contributed by atoms with van der Waals surface area (Å²) in [7, 11) is 0. The largest absolute Gasteiger partial charge is 0.250 e. The Hall–Kier alpha value is -1.64. The first-order valence-electron chi connectivity index (χ1n) is 6.71. The highest BCUT2D eigenvalue weighted by Crippen LogP contribution is 2.24. The number of aryl methyl sites for hydroxylation is 2. The highest BCUT2D eigenvalue weighted by molar-refractivity contribution is 5.24. The molecule has 0 bridgehead atoms. The van der Waals surface area contributed by atoms with Crippen LogP contribution in [0.15, 0.2) is 24.3 Å². The number of rotatable bonds is 2. The van der Waals surface area contributed by atoms with E-state index < -0.39 is 0 Å². The van der Waals surface area contributed by atoms with Crippen molar-refractivity contribution in [3.63, 3.8) is 0 Å². The van der Waals surface area contributed by atoms with Crippen LogP contribution in [-0.2, 0) is 13.0 Å². The number of hydrogen-bond donors (Lipinski definition) is 0. The van der Waals surface area contributed by atoms with Gasteiger partial charge in [0.05, 0.1) is 0 Å². The molecule has 0 amide bonds. The molecule has 1 atom stereocenters. The molecule has 0 aliphatic carbocycles. The zero-order valence-corrected chi connectivity index (χ0v) is 11.1. The standard InChI is InChI=1S/C15H19N3/c1-11-5-3-7-13(9-11)10-14-16-15-12(2)6-4-8-18(15)17-14/h3,5,7,9,12H,4,6,8,10H2,1-2H3. The van der Waals surface area contributed by atoms with Gasteiger partial charge in [-0.25, -0.2) is 9.67 Å². The molecule has 2 heterocycles. The normalized spacial score (nSPS) is 18.7. The molecule has 0 fully saturated rings. The van der Waals surface area contributed by atoms with Gasteiger partial charge in [0, 0.05) is 18.9 Å². The molecule has 18 heavy (non-hydrogen) atoms. The lowest BCUT2D eigenvalue weighted by Crippen LogP contribution is -2.14. The molecule has 3 nitrogen and oxygen atoms in total. The van der Waals surface area contributed by atoms with Gasteiger partial charge in [-0.05, 0) is 25.3 Å². The predicted octanol–water partition coefficient (Wildman–Crippen LogP) is 3.07. The Kier molecular flexibility index (Phi) is 2.90. The molecule has 0 saturated carbocycles. The van der Waals surface area contributed by atoms with Crippen LogP contribution in [0.3, 0.4) is 0 Å². The first kappa shape index (κ1) is 11.5. The van der Waals surface area contributed by atoms with Gasteiger partial charge >= 0.3 is 0 Å². The van der Waals surface area contributed by atoms with Crippen molar-refractivity contribution in [1.82, 2.24) is 14.8 Å². The minimum Gasteiger partial charge on any atom is -0.250 e. The van der Waals surface area contributed by atoms with Gasteiger partial charge in [-0.15, -0.1) is 0 Å². The van der Waals surface area contributed by atoms with Gasteiger partial charge in [0.15, 0.2) is 5.82 Å². The molecule has 1 aromatic carbocycles. The van der Waals surface area contributed by atoms with E-state index >= 15 is 0 Å². The summed E-state index contributed by atoms with van der Waals surface area (Å²) in [6, 6.07) is 8.58. The summed E-state index contributed by atoms with van der Waals surface area (Å²) in [5.74, 6) is 2.69. The fourth-order valence-electron chi connectivity index (χ4n) is 2.69. The number of fused-ring (bicyclic) bond motifs is 1. The van der Waals surface area contributed by atoms with Gasteiger partial charge < -0.3 is 0 Å². The van der Waals surface area contributed by atoms with E-state index in [0.29, 0.717) is 5.92 Å². The molecule has 0 saturated heterocycles. The molecule has 1 aliphatic rings. The van der Waals surface area contributed by atoms with Crippen molar-refractivity contribution in [2.24, 2.45) is 0 Å². The fraction of sp³-hybridized carbons (Fsp3) is 0.467. The summed E-state index contributed by atoms with van der Waals surface area (Å²) in [6.45, 7) is 5.40. The van der Waals surface area contributed by atoms with Crippen molar-refractivity contribution in [2.75, 3.05) is 0 Å². The van der Waals surface area contributed by atoms with Crippen molar-refractivity contribution >= 4 is 0 Å². The third kappa shape index (κ3) is 2.17. The minimum atomic E-state index is 0.553. The van der Waals surface area contributed by atoms with E-state index in [9.17, 15) is 0 Å². The summed E-state index contributed by atoms with van der Waals surface area (Å²) < 4.78 is 2.10. The van der Waals surface area contributed by atoms with Crippen LogP contribution in [0.1, 0.15) is 48.5 Å². The van der Waals surface area contributed by atoms with Gasteiger partial charge in [0.25, 0.3) is 0 Å². The SMILES string of the molecule is Cc1cccc(Cc2nc3n(n2)CCCC3C)c1. The lowest BCUT2D eigenvalue weighted by atomic mass is 10.0. The Balaban J connectivity index is 1.85. The summed E-state index contributed by atoms with van der Waals surface area (Å²) in [5, 5.41) is 4.63. The zero-order chi connectivity index (χ0) is 12.5. The highest BCUT2D eigenvalue weighted by atomic mass is 15.4. The number of aromatic nitrogens is 3. The van der Waals surface area contributed by atoms with Crippen molar-refractivity contribution in [3.8, 4) is 0 Å². The number of nitrogens with zero attached hydrogens (tertiary/aromatic N) is 3. The Morgan fingerprint density at radius 2 is 2.28 bits per heavy atom. The highest BCUT2D eigenvalue weighted by Gasteiger charge is 2.20. The Bertz CT molecular complexity index is 557. The number of benzene rings is 1. The molecular formula is C15H19N3. The zero-order valence-electron chi connectivity index (χ0n) is 11.1. The second kappa shape index (κ2) is 4.56. The van der Waals surface area contributed by atoms with E-state index in [0.717, 1.165) is 18.8 Å². The smallest absolute Gasteiger partial charge is 0.155 e. The average molecular weight is 241 g/mol. The lowest BCUT2D eigenvalue weighted by Gasteiger charge is -2.17. The molecule has 2 aromatic rings. The van der Waals surface area contributed by atoms with Gasteiger partial charge in [-0.1, -0.05) is 36.8 Å². The maximum absolute atomic E-state index is 4.71. The maximum Gasteiger partial charge on any atom is 0.155 e. The molecule has 0 spiro atoms. The molecule has 0 N–H and O–H groups in total. The molecule has 1 aromatic heterocycles. The predicted molar refractivity (Wildman–Crippen MR) is 71.7 cm³/mol. The fourth-order valence-corrected chi connectivity index (χ4v) is 2.69. The maximum atomic E-state index is 4.71. The molecule has 1 unspecified atom stereocenters. The monoisotopic (exact) mass is 241 g/mol. The molecular weight excluding hydrogens is 222 g/mol. The first-order valence-corrected chi connectivity index (χ1v) is 6.71. The second-order valence-corrected chi connectivity index (χ2v) is 5.32. The molecule has 94 valence electrons. The first-order chi connectivity index (χ1) is 8.72. The second-order valence-electron chi connectivity index (χ2n) is 5.32. The summed E-state index contributed by atoms with van der Waals surface area (Å²) in [5.41, 5.74) is 2.59. The van der Waals surface area contributed by atoms with Crippen LogP contribution in [0.2, 0.25) is 0 Å². The van der Waals surface area contributed by atoms with Crippen LogP contribution in [0.5, 0.6) is 0 Å². The summed E-state index contributed by atoms with van der Waals surface area (Å²) in [6.07, 6.45) is 3.30. The van der Waals surface area contributed by atoms with Gasteiger partial charge in [-0.2, -0.15) is 5.10 Å². The van der Waals surface area contributed by atoms with Crippen LogP contribution < -0.4 is 0 Å². The van der Waals surface area contributed by atoms with Crippen molar-refractivity contribution in [3.05, 3.63) is 47.0 Å². The summed E-state index contributed by atoms with van der Waals surface area (Å²) >= 11 is 0.